The zero-order valence-electron chi connectivity index (χ0n) is 9.58. The minimum absolute atomic E-state index is 0.611. The van der Waals surface area contributed by atoms with Gasteiger partial charge in [-0.05, 0) is 37.6 Å². The van der Waals surface area contributed by atoms with Gasteiger partial charge in [0.15, 0.2) is 0 Å². The molecule has 0 saturated carbocycles. The number of halogens is 1. The van der Waals surface area contributed by atoms with Crippen LogP contribution in [0.1, 0.15) is 25.1 Å². The van der Waals surface area contributed by atoms with E-state index in [1.807, 2.05) is 12.1 Å². The molecule has 1 heterocycles. The van der Waals surface area contributed by atoms with Crippen molar-refractivity contribution in [3.8, 4) is 5.75 Å². The van der Waals surface area contributed by atoms with Crippen molar-refractivity contribution < 1.29 is 9.13 Å². The van der Waals surface area contributed by atoms with Gasteiger partial charge in [-0.25, -0.2) is 4.39 Å². The Balaban J connectivity index is 1.84. The second-order valence-electron chi connectivity index (χ2n) is 4.35. The van der Waals surface area contributed by atoms with Gasteiger partial charge >= 0.3 is 0 Å². The zero-order valence-corrected chi connectivity index (χ0v) is 9.58. The van der Waals surface area contributed by atoms with Gasteiger partial charge in [-0.15, -0.1) is 0 Å². The predicted octanol–water partition coefficient (Wildman–Crippen LogP) is 2.71. The summed E-state index contributed by atoms with van der Waals surface area (Å²) in [5.74, 6) is 1.44. The van der Waals surface area contributed by atoms with E-state index in [9.17, 15) is 4.39 Å². The van der Waals surface area contributed by atoms with E-state index in [2.05, 4.69) is 5.32 Å². The number of hydrogen-bond acceptors (Lipinski definition) is 2. The molecule has 16 heavy (non-hydrogen) atoms. The highest BCUT2D eigenvalue weighted by Crippen LogP contribution is 2.20. The van der Waals surface area contributed by atoms with E-state index < -0.39 is 6.17 Å². The Bertz CT molecular complexity index is 317. The lowest BCUT2D eigenvalue weighted by molar-refractivity contribution is 0.260. The number of ether oxygens (including phenoxy) is 1. The fourth-order valence-corrected chi connectivity index (χ4v) is 1.90. The van der Waals surface area contributed by atoms with Crippen molar-refractivity contribution in [1.29, 1.82) is 0 Å². The Labute approximate surface area is 95.8 Å². The van der Waals surface area contributed by atoms with Gasteiger partial charge in [-0.3, -0.25) is 0 Å². The SMILES string of the molecule is CC(F)c1ccc(OCC2CCNC2)cc1. The number of nitrogens with one attached hydrogen (secondary N) is 1. The minimum atomic E-state index is -0.909. The zero-order chi connectivity index (χ0) is 11.4. The van der Waals surface area contributed by atoms with Gasteiger partial charge in [0.2, 0.25) is 0 Å². The van der Waals surface area contributed by atoms with Crippen LogP contribution in [0.2, 0.25) is 0 Å². The fourth-order valence-electron chi connectivity index (χ4n) is 1.90. The molecule has 1 fully saturated rings. The Morgan fingerprint density at radius 3 is 2.75 bits per heavy atom. The fraction of sp³-hybridized carbons (Fsp3) is 0.538. The molecule has 1 aromatic carbocycles. The van der Waals surface area contributed by atoms with Crippen LogP contribution in [0, 0.1) is 5.92 Å². The second-order valence-corrected chi connectivity index (χ2v) is 4.35. The number of benzene rings is 1. The van der Waals surface area contributed by atoms with Gasteiger partial charge in [0.1, 0.15) is 11.9 Å². The van der Waals surface area contributed by atoms with E-state index in [0.29, 0.717) is 11.5 Å². The molecule has 0 radical (unpaired) electrons. The third-order valence-electron chi connectivity index (χ3n) is 2.99. The maximum Gasteiger partial charge on any atom is 0.122 e. The van der Waals surface area contributed by atoms with Crippen molar-refractivity contribution in [2.75, 3.05) is 19.7 Å². The lowest BCUT2D eigenvalue weighted by Gasteiger charge is -2.11. The molecule has 88 valence electrons. The first-order valence-corrected chi connectivity index (χ1v) is 5.83. The van der Waals surface area contributed by atoms with Crippen LogP contribution in [0.5, 0.6) is 5.75 Å². The third kappa shape index (κ3) is 2.95. The van der Waals surface area contributed by atoms with Gasteiger partial charge < -0.3 is 10.1 Å². The molecule has 2 rings (SSSR count). The second kappa shape index (κ2) is 5.30. The smallest absolute Gasteiger partial charge is 0.122 e. The van der Waals surface area contributed by atoms with E-state index in [1.165, 1.54) is 6.42 Å². The number of rotatable bonds is 4. The first kappa shape index (κ1) is 11.4. The van der Waals surface area contributed by atoms with Crippen LogP contribution < -0.4 is 10.1 Å². The van der Waals surface area contributed by atoms with Crippen molar-refractivity contribution in [3.05, 3.63) is 29.8 Å². The Morgan fingerprint density at radius 1 is 1.44 bits per heavy atom. The van der Waals surface area contributed by atoms with Crippen LogP contribution in [0.4, 0.5) is 4.39 Å². The molecule has 1 aliphatic rings. The Kier molecular flexibility index (Phi) is 3.78. The van der Waals surface area contributed by atoms with Crippen LogP contribution >= 0.6 is 0 Å². The molecule has 3 heteroatoms. The van der Waals surface area contributed by atoms with E-state index in [-0.39, 0.29) is 0 Å². The van der Waals surface area contributed by atoms with Crippen LogP contribution in [0.25, 0.3) is 0 Å². The monoisotopic (exact) mass is 223 g/mol. The van der Waals surface area contributed by atoms with Crippen LogP contribution in [-0.4, -0.2) is 19.7 Å². The highest BCUT2D eigenvalue weighted by atomic mass is 19.1. The molecule has 1 aliphatic heterocycles. The lowest BCUT2D eigenvalue weighted by atomic mass is 10.1. The van der Waals surface area contributed by atoms with Crippen molar-refractivity contribution >= 4 is 0 Å². The lowest BCUT2D eigenvalue weighted by Crippen LogP contribution is -2.15. The van der Waals surface area contributed by atoms with E-state index in [4.69, 9.17) is 4.74 Å². The Hall–Kier alpha value is -1.09. The molecule has 2 nitrogen and oxygen atoms in total. The molecule has 1 aromatic rings. The molecule has 1 saturated heterocycles. The van der Waals surface area contributed by atoms with E-state index in [0.717, 1.165) is 25.4 Å². The summed E-state index contributed by atoms with van der Waals surface area (Å²) in [6, 6.07) is 7.25. The summed E-state index contributed by atoms with van der Waals surface area (Å²) in [6.45, 7) is 4.42. The van der Waals surface area contributed by atoms with Gasteiger partial charge in [-0.1, -0.05) is 12.1 Å². The summed E-state index contributed by atoms with van der Waals surface area (Å²) in [4.78, 5) is 0. The summed E-state index contributed by atoms with van der Waals surface area (Å²) in [5.41, 5.74) is 0.704. The van der Waals surface area contributed by atoms with Crippen LogP contribution in [-0.2, 0) is 0 Å². The summed E-state index contributed by atoms with van der Waals surface area (Å²) < 4.78 is 18.6. The normalized spacial score (nSPS) is 22.0. The summed E-state index contributed by atoms with van der Waals surface area (Å²) in [5, 5.41) is 3.30. The molecule has 0 aromatic heterocycles. The topological polar surface area (TPSA) is 21.3 Å². The number of alkyl halides is 1. The van der Waals surface area contributed by atoms with Crippen LogP contribution in [0.15, 0.2) is 24.3 Å². The maximum absolute atomic E-state index is 12.9. The van der Waals surface area contributed by atoms with Crippen LogP contribution in [0.3, 0.4) is 0 Å². The summed E-state index contributed by atoms with van der Waals surface area (Å²) in [6.07, 6.45) is 0.271. The quantitative estimate of drug-likeness (QED) is 0.847. The molecule has 2 atom stereocenters. The first-order valence-electron chi connectivity index (χ1n) is 5.83. The minimum Gasteiger partial charge on any atom is -0.493 e. The predicted molar refractivity (Wildman–Crippen MR) is 62.4 cm³/mol. The van der Waals surface area contributed by atoms with Crippen molar-refractivity contribution in [1.82, 2.24) is 5.32 Å². The number of hydrogen-bond donors (Lipinski definition) is 1. The van der Waals surface area contributed by atoms with Gasteiger partial charge in [-0.2, -0.15) is 0 Å². The highest BCUT2D eigenvalue weighted by Gasteiger charge is 2.14. The van der Waals surface area contributed by atoms with Gasteiger partial charge in [0, 0.05) is 12.5 Å². The molecule has 0 aliphatic carbocycles. The standard InChI is InChI=1S/C13H18FNO/c1-10(14)12-2-4-13(5-3-12)16-9-11-6-7-15-8-11/h2-5,10-11,15H,6-9H2,1H3. The first-order chi connectivity index (χ1) is 7.75. The summed E-state index contributed by atoms with van der Waals surface area (Å²) >= 11 is 0. The molecular formula is C13H18FNO. The molecule has 0 bridgehead atoms. The van der Waals surface area contributed by atoms with Crippen molar-refractivity contribution in [2.24, 2.45) is 5.92 Å². The molecule has 2 unspecified atom stereocenters. The Morgan fingerprint density at radius 2 is 2.19 bits per heavy atom. The van der Waals surface area contributed by atoms with Gasteiger partial charge in [0.05, 0.1) is 6.61 Å². The highest BCUT2D eigenvalue weighted by molar-refractivity contribution is 5.28. The molecular weight excluding hydrogens is 205 g/mol. The van der Waals surface area contributed by atoms with Crippen molar-refractivity contribution in [2.45, 2.75) is 19.5 Å². The molecule has 0 spiro atoms. The maximum atomic E-state index is 12.9. The average molecular weight is 223 g/mol. The molecule has 1 N–H and O–H groups in total. The summed E-state index contributed by atoms with van der Waals surface area (Å²) in [7, 11) is 0. The molecule has 0 amide bonds. The average Bonchev–Trinajstić information content (AvgIpc) is 2.80. The van der Waals surface area contributed by atoms with E-state index in [1.54, 1.807) is 19.1 Å². The van der Waals surface area contributed by atoms with E-state index >= 15 is 0 Å². The third-order valence-corrected chi connectivity index (χ3v) is 2.99. The van der Waals surface area contributed by atoms with Crippen molar-refractivity contribution in [3.63, 3.8) is 0 Å². The van der Waals surface area contributed by atoms with Gasteiger partial charge in [0.25, 0.3) is 0 Å². The largest absolute Gasteiger partial charge is 0.493 e.